The number of fused-ring (bicyclic) bond motifs is 5. The number of aliphatic hydroxyl groups excluding tert-OH is 9. The molecule has 25 atom stereocenters. The molecule has 7 aliphatic rings. The summed E-state index contributed by atoms with van der Waals surface area (Å²) in [5.74, 6) is 1.29. The zero-order chi connectivity index (χ0) is 46.6. The number of hydrogen-bond donors (Lipinski definition) is 10. The van der Waals surface area contributed by atoms with Gasteiger partial charge in [-0.1, -0.05) is 27.7 Å². The van der Waals surface area contributed by atoms with Crippen LogP contribution in [0, 0.1) is 52.3 Å². The van der Waals surface area contributed by atoms with E-state index < -0.39 is 98.7 Å². The summed E-state index contributed by atoms with van der Waals surface area (Å²) in [5.41, 5.74) is -0.175. The minimum atomic E-state index is -1.69. The Labute approximate surface area is 376 Å². The van der Waals surface area contributed by atoms with Gasteiger partial charge in [0.15, 0.2) is 18.9 Å². The minimum Gasteiger partial charge on any atom is -0.393 e. The van der Waals surface area contributed by atoms with Crippen molar-refractivity contribution in [1.82, 2.24) is 5.32 Å². The van der Waals surface area contributed by atoms with Crippen LogP contribution in [0.2, 0.25) is 0 Å². The van der Waals surface area contributed by atoms with E-state index in [1.54, 1.807) is 0 Å². The van der Waals surface area contributed by atoms with Gasteiger partial charge in [-0.3, -0.25) is 9.59 Å². The van der Waals surface area contributed by atoms with Crippen LogP contribution in [0.5, 0.6) is 0 Å². The van der Waals surface area contributed by atoms with Gasteiger partial charge in [0.05, 0.1) is 31.5 Å². The van der Waals surface area contributed by atoms with E-state index in [2.05, 4.69) is 19.2 Å². The van der Waals surface area contributed by atoms with Crippen LogP contribution < -0.4 is 5.32 Å². The third-order valence-electron chi connectivity index (χ3n) is 17.3. The zero-order valence-corrected chi connectivity index (χ0v) is 38.3. The lowest BCUT2D eigenvalue weighted by Gasteiger charge is -2.61. The molecule has 0 aromatic heterocycles. The Morgan fingerprint density at radius 1 is 0.734 bits per heavy atom. The highest BCUT2D eigenvalue weighted by molar-refractivity contribution is 5.81. The summed E-state index contributed by atoms with van der Waals surface area (Å²) in [5, 5.41) is 99.5. The van der Waals surface area contributed by atoms with Crippen molar-refractivity contribution < 1.29 is 84.0 Å². The van der Waals surface area contributed by atoms with E-state index in [-0.39, 0.29) is 58.9 Å². The number of hydrogen-bond acceptors (Lipinski definition) is 17. The highest BCUT2D eigenvalue weighted by atomic mass is 16.8. The van der Waals surface area contributed by atoms with E-state index in [4.69, 9.17) is 28.4 Å². The lowest BCUT2D eigenvalue weighted by Crippen LogP contribution is -2.64. The molecule has 0 spiro atoms. The lowest BCUT2D eigenvalue weighted by atomic mass is 9.44. The lowest BCUT2D eigenvalue weighted by molar-refractivity contribution is -0.370. The molecule has 0 unspecified atom stereocenters. The largest absolute Gasteiger partial charge is 0.393 e. The number of aliphatic hydroxyl groups is 9. The van der Waals surface area contributed by atoms with E-state index in [1.807, 2.05) is 13.8 Å². The predicted octanol–water partition coefficient (Wildman–Crippen LogP) is -0.126. The summed E-state index contributed by atoms with van der Waals surface area (Å²) in [4.78, 5) is 25.0. The first kappa shape index (κ1) is 50.4. The highest BCUT2D eigenvalue weighted by Crippen LogP contribution is 2.68. The summed E-state index contributed by atoms with van der Waals surface area (Å²) >= 11 is 0. The van der Waals surface area contributed by atoms with Crippen LogP contribution in [0.3, 0.4) is 0 Å². The average molecular weight is 916 g/mol. The Kier molecular flexibility index (Phi) is 16.0. The van der Waals surface area contributed by atoms with Crippen LogP contribution in [0.15, 0.2) is 0 Å². The minimum absolute atomic E-state index is 0.0127. The molecule has 4 aliphatic carbocycles. The van der Waals surface area contributed by atoms with Gasteiger partial charge in [0.2, 0.25) is 5.91 Å². The fourth-order valence-electron chi connectivity index (χ4n) is 13.4. The summed E-state index contributed by atoms with van der Waals surface area (Å²) in [7, 11) is 0. The molecular formula is C46H77NO17. The molecule has 0 radical (unpaired) electrons. The second-order valence-electron chi connectivity index (χ2n) is 21.3. The van der Waals surface area contributed by atoms with Gasteiger partial charge in [-0.15, -0.1) is 0 Å². The molecule has 0 aromatic carbocycles. The smallest absolute Gasteiger partial charge is 0.216 e. The number of ether oxygens (including phenoxy) is 6. The summed E-state index contributed by atoms with van der Waals surface area (Å²) in [6.07, 6.45) is -13.4. The number of nitrogens with one attached hydrogen (secondary N) is 1. The molecule has 3 aliphatic heterocycles. The third-order valence-corrected chi connectivity index (χ3v) is 17.3. The normalized spacial score (nSPS) is 50.4. The molecule has 4 saturated carbocycles. The number of carbonyl (C=O) groups is 2. The van der Waals surface area contributed by atoms with Gasteiger partial charge >= 0.3 is 0 Å². The van der Waals surface area contributed by atoms with Gasteiger partial charge in [0.25, 0.3) is 0 Å². The van der Waals surface area contributed by atoms with Crippen molar-refractivity contribution in [2.24, 2.45) is 52.3 Å². The molecule has 18 heteroatoms. The molecule has 368 valence electrons. The van der Waals surface area contributed by atoms with Gasteiger partial charge < -0.3 is 79.7 Å². The van der Waals surface area contributed by atoms with E-state index in [9.17, 15) is 55.5 Å². The van der Waals surface area contributed by atoms with Gasteiger partial charge in [-0.05, 0) is 111 Å². The topological polar surface area (TPSA) is 284 Å². The van der Waals surface area contributed by atoms with E-state index in [0.29, 0.717) is 56.4 Å². The van der Waals surface area contributed by atoms with Gasteiger partial charge in [0, 0.05) is 25.8 Å². The first-order chi connectivity index (χ1) is 30.2. The van der Waals surface area contributed by atoms with Gasteiger partial charge in [-0.2, -0.15) is 0 Å². The van der Waals surface area contributed by atoms with Crippen molar-refractivity contribution in [2.45, 2.75) is 204 Å². The molecule has 7 rings (SSSR count). The van der Waals surface area contributed by atoms with Crippen LogP contribution in [0.4, 0.5) is 0 Å². The summed E-state index contributed by atoms with van der Waals surface area (Å²) in [6, 6.07) is 0. The van der Waals surface area contributed by atoms with E-state index in [0.717, 1.165) is 32.1 Å². The molecule has 0 aromatic rings. The number of amides is 1. The Balaban J connectivity index is 1.01. The standard InChI is InChI=1S/C46H77NO17/c1-20(17-47-23(4)48)7-10-29(49)21(2)33-30(50)16-28-26-9-8-24-15-25(11-13-45(24,5)27(26)12-14-46(28,33)6)62-44-41(64-43-39(57)35(53)31(51)18-59-43)38(56)36(54)32(63-44)19-60-42-40(58)37(55)34(52)22(3)61-42/h20-22,24-28,30-44,50-58H,7-19H2,1-6H3,(H,47,48)/t20-,21-,22+,24+,25+,26-,27+,28+,30-,31-,32-,33+,34+,35+,36-,37-,38+,39-,40-,41-,42-,43+,44-,45+,46+/m1/s1. The second kappa shape index (κ2) is 20.2. The maximum absolute atomic E-state index is 13.7. The molecule has 64 heavy (non-hydrogen) atoms. The number of rotatable bonds is 14. The van der Waals surface area contributed by atoms with Crippen LogP contribution in [-0.4, -0.2) is 176 Å². The molecule has 3 heterocycles. The predicted molar refractivity (Wildman–Crippen MR) is 224 cm³/mol. The van der Waals surface area contributed by atoms with E-state index >= 15 is 0 Å². The zero-order valence-electron chi connectivity index (χ0n) is 38.3. The molecular weight excluding hydrogens is 838 g/mol. The van der Waals surface area contributed by atoms with Crippen molar-refractivity contribution in [3.05, 3.63) is 0 Å². The monoisotopic (exact) mass is 916 g/mol. The molecule has 10 N–H and O–H groups in total. The summed E-state index contributed by atoms with van der Waals surface area (Å²) in [6.45, 7) is 11.5. The number of ketones is 1. The van der Waals surface area contributed by atoms with Crippen molar-refractivity contribution in [3.8, 4) is 0 Å². The SMILES string of the molecule is CC(=O)NC[C@H](C)CCC(=O)[C@@H](C)[C@H]1[C@H](O)C[C@H]2[C@@H]3CC[C@H]4C[C@@H](O[C@@H]5O[C@H](CO[C@@H]6O[C@@H](C)[C@H](O)[C@@H](O)[C@H]6O)[C@@H](O)[C@H](O)[C@H]5O[C@@H]5OC[C@@H](O)[C@H](O)[C@H]5O)CC[C@]4(C)[C@H]3CC[C@]12C. The summed E-state index contributed by atoms with van der Waals surface area (Å²) < 4.78 is 35.8. The van der Waals surface area contributed by atoms with Crippen LogP contribution in [0.1, 0.15) is 106 Å². The highest BCUT2D eigenvalue weighted by Gasteiger charge is 2.64. The molecule has 1 amide bonds. The fourth-order valence-corrected chi connectivity index (χ4v) is 13.4. The molecule has 7 fully saturated rings. The van der Waals surface area contributed by atoms with Gasteiger partial charge in [-0.25, -0.2) is 0 Å². The number of Topliss-reactive ketones (excluding diaryl/α,β-unsaturated/α-hetero) is 1. The maximum Gasteiger partial charge on any atom is 0.216 e. The van der Waals surface area contributed by atoms with Crippen LogP contribution in [0.25, 0.3) is 0 Å². The molecule has 18 nitrogen and oxygen atoms in total. The van der Waals surface area contributed by atoms with Gasteiger partial charge in [0.1, 0.15) is 66.8 Å². The van der Waals surface area contributed by atoms with Crippen LogP contribution in [-0.2, 0) is 38.0 Å². The molecule has 0 bridgehead atoms. The quantitative estimate of drug-likeness (QED) is 0.102. The Bertz CT molecular complexity index is 1590. The Morgan fingerprint density at radius 3 is 2.16 bits per heavy atom. The first-order valence-corrected chi connectivity index (χ1v) is 23.9. The Hall–Kier alpha value is -1.46. The Morgan fingerprint density at radius 2 is 1.44 bits per heavy atom. The average Bonchev–Trinajstić information content (AvgIpc) is 3.53. The van der Waals surface area contributed by atoms with Crippen LogP contribution >= 0.6 is 0 Å². The first-order valence-electron chi connectivity index (χ1n) is 23.9. The fraction of sp³-hybridized carbons (Fsp3) is 0.957. The van der Waals surface area contributed by atoms with Crippen molar-refractivity contribution in [1.29, 1.82) is 0 Å². The van der Waals surface area contributed by atoms with E-state index in [1.165, 1.54) is 13.8 Å². The van der Waals surface area contributed by atoms with Crippen molar-refractivity contribution in [2.75, 3.05) is 19.8 Å². The van der Waals surface area contributed by atoms with Crippen molar-refractivity contribution in [3.63, 3.8) is 0 Å². The number of carbonyl (C=O) groups excluding carboxylic acids is 2. The molecule has 3 saturated heterocycles. The second-order valence-corrected chi connectivity index (χ2v) is 21.3. The maximum atomic E-state index is 13.7. The third kappa shape index (κ3) is 9.86. The van der Waals surface area contributed by atoms with Crippen molar-refractivity contribution >= 4 is 11.7 Å².